The number of hydrogen-bond acceptors (Lipinski definition) is 3. The number of carbonyl (C=O) groups excluding carboxylic acids is 1. The Kier molecular flexibility index (Phi) is 4.38. The van der Waals surface area contributed by atoms with Crippen molar-refractivity contribution in [2.75, 3.05) is 13.1 Å². The summed E-state index contributed by atoms with van der Waals surface area (Å²) in [4.78, 5) is 12.8. The molecule has 0 aromatic carbocycles. The Labute approximate surface area is 128 Å². The molecule has 2 aliphatic rings. The van der Waals surface area contributed by atoms with Crippen LogP contribution in [0.25, 0.3) is 0 Å². The molecule has 0 radical (unpaired) electrons. The van der Waals surface area contributed by atoms with Gasteiger partial charge in [-0.15, -0.1) is 0 Å². The van der Waals surface area contributed by atoms with Crippen LogP contribution in [0, 0.1) is 0 Å². The first-order valence-corrected chi connectivity index (χ1v) is 7.30. The molecule has 1 fully saturated rings. The Balaban J connectivity index is 1.97. The third-order valence-electron chi connectivity index (χ3n) is 4.50. The SMILES string of the molecule is CC1(C)OB(C2=CCN(C(=O)CC(F)(F)F)CC2)OC1(C)C. The fraction of sp³-hybridized carbons (Fsp3) is 0.786. The van der Waals surface area contributed by atoms with E-state index < -0.39 is 36.8 Å². The second-order valence-corrected chi connectivity index (χ2v) is 6.75. The molecule has 2 aliphatic heterocycles. The highest BCUT2D eigenvalue weighted by atomic mass is 19.4. The van der Waals surface area contributed by atoms with E-state index in [0.29, 0.717) is 6.42 Å². The lowest BCUT2D eigenvalue weighted by Gasteiger charge is -2.32. The maximum Gasteiger partial charge on any atom is 0.490 e. The van der Waals surface area contributed by atoms with E-state index in [1.54, 1.807) is 6.08 Å². The third kappa shape index (κ3) is 3.66. The summed E-state index contributed by atoms with van der Waals surface area (Å²) in [7, 11) is -0.495. The van der Waals surface area contributed by atoms with Crippen LogP contribution in [0.15, 0.2) is 11.5 Å². The summed E-state index contributed by atoms with van der Waals surface area (Å²) in [5.74, 6) is -0.892. The van der Waals surface area contributed by atoms with Crippen LogP contribution in [0.4, 0.5) is 13.2 Å². The van der Waals surface area contributed by atoms with Gasteiger partial charge in [0.05, 0.1) is 11.2 Å². The average Bonchev–Trinajstić information content (AvgIpc) is 2.56. The summed E-state index contributed by atoms with van der Waals surface area (Å²) < 4.78 is 48.6. The molecule has 124 valence electrons. The van der Waals surface area contributed by atoms with E-state index in [9.17, 15) is 18.0 Å². The molecular formula is C14H21BF3NO3. The van der Waals surface area contributed by atoms with E-state index in [2.05, 4.69) is 0 Å². The molecule has 0 atom stereocenters. The molecular weight excluding hydrogens is 298 g/mol. The fourth-order valence-electron chi connectivity index (χ4n) is 2.40. The van der Waals surface area contributed by atoms with Crippen molar-refractivity contribution < 1.29 is 27.3 Å². The number of alkyl halides is 3. The Morgan fingerprint density at radius 1 is 1.27 bits per heavy atom. The minimum absolute atomic E-state index is 0.161. The zero-order valence-electron chi connectivity index (χ0n) is 13.3. The molecule has 1 amide bonds. The summed E-state index contributed by atoms with van der Waals surface area (Å²) in [6, 6.07) is 0. The highest BCUT2D eigenvalue weighted by Gasteiger charge is 2.52. The van der Waals surface area contributed by atoms with Gasteiger partial charge in [0.25, 0.3) is 0 Å². The van der Waals surface area contributed by atoms with E-state index in [1.807, 2.05) is 27.7 Å². The number of halogens is 3. The van der Waals surface area contributed by atoms with Crippen molar-refractivity contribution in [3.8, 4) is 0 Å². The molecule has 0 aromatic rings. The Hall–Kier alpha value is -1.02. The van der Waals surface area contributed by atoms with Crippen molar-refractivity contribution in [2.45, 2.75) is 57.9 Å². The molecule has 2 heterocycles. The van der Waals surface area contributed by atoms with E-state index in [-0.39, 0.29) is 13.1 Å². The predicted molar refractivity (Wildman–Crippen MR) is 76.0 cm³/mol. The van der Waals surface area contributed by atoms with Crippen molar-refractivity contribution in [3.63, 3.8) is 0 Å². The van der Waals surface area contributed by atoms with E-state index >= 15 is 0 Å². The van der Waals surface area contributed by atoms with Gasteiger partial charge in [-0.25, -0.2) is 0 Å². The quantitative estimate of drug-likeness (QED) is 0.735. The summed E-state index contributed by atoms with van der Waals surface area (Å²) in [6.07, 6.45) is -3.68. The van der Waals surface area contributed by atoms with Gasteiger partial charge in [-0.05, 0) is 39.6 Å². The zero-order valence-corrected chi connectivity index (χ0v) is 13.3. The number of nitrogens with zero attached hydrogens (tertiary/aromatic N) is 1. The molecule has 4 nitrogen and oxygen atoms in total. The summed E-state index contributed by atoms with van der Waals surface area (Å²) >= 11 is 0. The molecule has 0 aromatic heterocycles. The highest BCUT2D eigenvalue weighted by molar-refractivity contribution is 6.54. The van der Waals surface area contributed by atoms with Gasteiger partial charge in [0, 0.05) is 13.1 Å². The van der Waals surface area contributed by atoms with E-state index in [1.165, 1.54) is 4.90 Å². The van der Waals surface area contributed by atoms with Crippen molar-refractivity contribution in [1.82, 2.24) is 4.90 Å². The van der Waals surface area contributed by atoms with Gasteiger partial charge < -0.3 is 14.2 Å². The topological polar surface area (TPSA) is 38.8 Å². The van der Waals surface area contributed by atoms with E-state index in [0.717, 1.165) is 5.47 Å². The van der Waals surface area contributed by atoms with Crippen molar-refractivity contribution in [2.24, 2.45) is 0 Å². The van der Waals surface area contributed by atoms with Crippen LogP contribution in [0.5, 0.6) is 0 Å². The highest BCUT2D eigenvalue weighted by Crippen LogP contribution is 2.39. The third-order valence-corrected chi connectivity index (χ3v) is 4.50. The molecule has 0 spiro atoms. The molecule has 1 saturated heterocycles. The van der Waals surface area contributed by atoms with Gasteiger partial charge in [-0.2, -0.15) is 13.2 Å². The minimum atomic E-state index is -4.47. The Morgan fingerprint density at radius 2 is 1.82 bits per heavy atom. The Morgan fingerprint density at radius 3 is 2.23 bits per heavy atom. The van der Waals surface area contributed by atoms with Gasteiger partial charge in [0.15, 0.2) is 0 Å². The lowest BCUT2D eigenvalue weighted by molar-refractivity contribution is -0.161. The van der Waals surface area contributed by atoms with E-state index in [4.69, 9.17) is 9.31 Å². The van der Waals surface area contributed by atoms with Gasteiger partial charge in [0.2, 0.25) is 5.91 Å². The maximum absolute atomic E-state index is 12.3. The molecule has 0 bridgehead atoms. The average molecular weight is 319 g/mol. The number of amides is 1. The van der Waals surface area contributed by atoms with Crippen LogP contribution < -0.4 is 0 Å². The molecule has 0 N–H and O–H groups in total. The van der Waals surface area contributed by atoms with Crippen molar-refractivity contribution >= 4 is 13.0 Å². The second-order valence-electron chi connectivity index (χ2n) is 6.75. The lowest BCUT2D eigenvalue weighted by Crippen LogP contribution is -2.41. The monoisotopic (exact) mass is 319 g/mol. The minimum Gasteiger partial charge on any atom is -0.400 e. The summed E-state index contributed by atoms with van der Waals surface area (Å²) in [6.45, 7) is 8.18. The Bertz CT molecular complexity index is 472. The molecule has 0 unspecified atom stereocenters. The number of hydrogen-bond donors (Lipinski definition) is 0. The molecule has 0 aliphatic carbocycles. The standard InChI is InChI=1S/C14H21BF3NO3/c1-12(2)13(3,4)22-15(21-12)10-5-7-19(8-6-10)11(20)9-14(16,17)18/h5H,6-9H2,1-4H3. The largest absolute Gasteiger partial charge is 0.490 e. The molecule has 8 heteroatoms. The van der Waals surface area contributed by atoms with Gasteiger partial charge >= 0.3 is 13.3 Å². The smallest absolute Gasteiger partial charge is 0.400 e. The second kappa shape index (κ2) is 5.56. The van der Waals surface area contributed by atoms with Crippen LogP contribution in [-0.2, 0) is 14.1 Å². The number of rotatable bonds is 2. The van der Waals surface area contributed by atoms with Gasteiger partial charge in [0.1, 0.15) is 6.42 Å². The summed E-state index contributed by atoms with van der Waals surface area (Å²) in [5.41, 5.74) is -0.0292. The number of carbonyl (C=O) groups is 1. The first kappa shape index (κ1) is 17.3. The summed E-state index contributed by atoms with van der Waals surface area (Å²) in [5, 5.41) is 0. The van der Waals surface area contributed by atoms with Gasteiger partial charge in [-0.3, -0.25) is 4.79 Å². The predicted octanol–water partition coefficient (Wildman–Crippen LogP) is 2.73. The maximum atomic E-state index is 12.3. The van der Waals surface area contributed by atoms with Crippen molar-refractivity contribution in [3.05, 3.63) is 11.5 Å². The first-order chi connectivity index (χ1) is 9.91. The van der Waals surface area contributed by atoms with Crippen LogP contribution in [0.2, 0.25) is 0 Å². The normalized spacial score (nSPS) is 24.4. The lowest BCUT2D eigenvalue weighted by atomic mass is 9.74. The molecule has 2 rings (SSSR count). The van der Waals surface area contributed by atoms with Crippen LogP contribution in [0.1, 0.15) is 40.5 Å². The molecule has 22 heavy (non-hydrogen) atoms. The van der Waals surface area contributed by atoms with Crippen LogP contribution in [0.3, 0.4) is 0 Å². The zero-order chi connectivity index (χ0) is 16.8. The first-order valence-electron chi connectivity index (χ1n) is 7.30. The van der Waals surface area contributed by atoms with Crippen LogP contribution in [-0.4, -0.2) is 48.4 Å². The fourth-order valence-corrected chi connectivity index (χ4v) is 2.40. The van der Waals surface area contributed by atoms with Crippen molar-refractivity contribution in [1.29, 1.82) is 0 Å². The molecule has 0 saturated carbocycles. The van der Waals surface area contributed by atoms with Crippen LogP contribution >= 0.6 is 0 Å². The van der Waals surface area contributed by atoms with Gasteiger partial charge in [-0.1, -0.05) is 6.08 Å².